The topological polar surface area (TPSA) is 32.3 Å². The van der Waals surface area contributed by atoms with E-state index in [0.29, 0.717) is 6.54 Å². The van der Waals surface area contributed by atoms with Gasteiger partial charge in [-0.1, -0.05) is 36.4 Å². The highest BCUT2D eigenvalue weighted by atomic mass is 127. The van der Waals surface area contributed by atoms with Gasteiger partial charge in [-0.3, -0.25) is 0 Å². The number of nitrogens with zero attached hydrogens (tertiary/aromatic N) is 1. The van der Waals surface area contributed by atoms with Gasteiger partial charge in [0.2, 0.25) is 0 Å². The van der Waals surface area contributed by atoms with E-state index in [0.717, 1.165) is 25.1 Å². The molecule has 1 aromatic rings. The minimum Gasteiger partial charge on any atom is -0.334 e. The Morgan fingerprint density at radius 1 is 1.35 bits per heavy atom. The summed E-state index contributed by atoms with van der Waals surface area (Å²) in [5, 5.41) is 2.94. The van der Waals surface area contributed by atoms with Crippen LogP contribution in [-0.4, -0.2) is 24.0 Å². The second-order valence-corrected chi connectivity index (χ2v) is 5.38. The number of rotatable bonds is 2. The van der Waals surface area contributed by atoms with Crippen molar-refractivity contribution >= 4 is 28.6 Å². The number of nitrogens with one attached hydrogen (secondary N) is 1. The van der Waals surface area contributed by atoms with Crippen molar-refractivity contribution in [2.45, 2.75) is 13.0 Å². The summed E-state index contributed by atoms with van der Waals surface area (Å²) in [5.41, 5.74) is 1.13. The third kappa shape index (κ3) is 3.73. The molecule has 1 aliphatic heterocycles. The highest BCUT2D eigenvalue weighted by Gasteiger charge is 2.15. The van der Waals surface area contributed by atoms with Gasteiger partial charge in [0.25, 0.3) is 0 Å². The number of benzene rings is 1. The molecule has 1 aliphatic rings. The van der Waals surface area contributed by atoms with Crippen LogP contribution in [0.15, 0.2) is 40.0 Å². The first-order valence-electron chi connectivity index (χ1n) is 5.67. The summed E-state index contributed by atoms with van der Waals surface area (Å²) in [6, 6.07) is 9.98. The number of amides is 2. The van der Waals surface area contributed by atoms with Crippen molar-refractivity contribution < 1.29 is 4.79 Å². The van der Waals surface area contributed by atoms with Crippen molar-refractivity contribution in [1.82, 2.24) is 10.2 Å². The monoisotopic (exact) mass is 342 g/mol. The first-order valence-corrected chi connectivity index (χ1v) is 6.75. The van der Waals surface area contributed by atoms with Gasteiger partial charge in [0, 0.05) is 19.6 Å². The molecule has 3 nitrogen and oxygen atoms in total. The lowest BCUT2D eigenvalue weighted by molar-refractivity contribution is 0.202. The van der Waals surface area contributed by atoms with Gasteiger partial charge in [-0.15, -0.1) is 0 Å². The van der Waals surface area contributed by atoms with Gasteiger partial charge in [0.05, 0.1) is 0 Å². The lowest BCUT2D eigenvalue weighted by atomic mass is 10.2. The number of carbonyl (C=O) groups is 1. The molecule has 0 saturated heterocycles. The molecule has 17 heavy (non-hydrogen) atoms. The fourth-order valence-corrected chi connectivity index (χ4v) is 2.15. The van der Waals surface area contributed by atoms with E-state index >= 15 is 0 Å². The Bertz CT molecular complexity index is 417. The van der Waals surface area contributed by atoms with Gasteiger partial charge in [0.15, 0.2) is 0 Å². The zero-order chi connectivity index (χ0) is 12.1. The van der Waals surface area contributed by atoms with Gasteiger partial charge in [-0.2, -0.15) is 0 Å². The van der Waals surface area contributed by atoms with Crippen molar-refractivity contribution in [3.8, 4) is 0 Å². The summed E-state index contributed by atoms with van der Waals surface area (Å²) in [4.78, 5) is 13.7. The number of hydrogen-bond acceptors (Lipinski definition) is 1. The van der Waals surface area contributed by atoms with E-state index in [1.807, 2.05) is 35.2 Å². The molecule has 0 radical (unpaired) electrons. The van der Waals surface area contributed by atoms with Gasteiger partial charge >= 0.3 is 6.03 Å². The molecule has 90 valence electrons. The van der Waals surface area contributed by atoms with E-state index < -0.39 is 0 Å². The van der Waals surface area contributed by atoms with E-state index in [1.165, 1.54) is 3.58 Å². The number of hydrogen-bond donors (Lipinski definition) is 1. The SMILES string of the molecule is O=C(NCc1ccccc1)N1CC=C(I)CC1. The Hall–Kier alpha value is -1.04. The van der Waals surface area contributed by atoms with Crippen LogP contribution < -0.4 is 5.32 Å². The predicted octanol–water partition coefficient (Wildman–Crippen LogP) is 2.92. The van der Waals surface area contributed by atoms with Crippen molar-refractivity contribution in [2.75, 3.05) is 13.1 Å². The van der Waals surface area contributed by atoms with E-state index in [4.69, 9.17) is 0 Å². The van der Waals surface area contributed by atoms with Crippen molar-refractivity contribution in [2.24, 2.45) is 0 Å². The summed E-state index contributed by atoms with van der Waals surface area (Å²) in [7, 11) is 0. The fraction of sp³-hybridized carbons (Fsp3) is 0.308. The maximum Gasteiger partial charge on any atom is 0.317 e. The second-order valence-electron chi connectivity index (χ2n) is 3.99. The maximum atomic E-state index is 11.9. The molecule has 0 saturated carbocycles. The lowest BCUT2D eigenvalue weighted by Crippen LogP contribution is -2.41. The molecule has 0 aromatic heterocycles. The predicted molar refractivity (Wildman–Crippen MR) is 77.0 cm³/mol. The Labute approximate surface area is 115 Å². The molecule has 0 fully saturated rings. The Balaban J connectivity index is 1.82. The Morgan fingerprint density at radius 3 is 2.76 bits per heavy atom. The normalized spacial score (nSPS) is 15.4. The maximum absolute atomic E-state index is 11.9. The van der Waals surface area contributed by atoms with Crippen LogP contribution >= 0.6 is 22.6 Å². The van der Waals surface area contributed by atoms with Gasteiger partial charge < -0.3 is 10.2 Å². The van der Waals surface area contributed by atoms with Crippen LogP contribution in [-0.2, 0) is 6.54 Å². The van der Waals surface area contributed by atoms with Crippen LogP contribution in [0, 0.1) is 0 Å². The molecule has 1 aromatic carbocycles. The molecular weight excluding hydrogens is 327 g/mol. The minimum absolute atomic E-state index is 0.0222. The Kier molecular flexibility index (Phi) is 4.42. The summed E-state index contributed by atoms with van der Waals surface area (Å²) in [6.45, 7) is 2.13. The number of halogens is 1. The number of carbonyl (C=O) groups excluding carboxylic acids is 1. The average Bonchev–Trinajstić information content (AvgIpc) is 2.38. The number of urea groups is 1. The summed E-state index contributed by atoms with van der Waals surface area (Å²) in [6.07, 6.45) is 3.07. The highest BCUT2D eigenvalue weighted by molar-refractivity contribution is 14.1. The quantitative estimate of drug-likeness (QED) is 0.824. The van der Waals surface area contributed by atoms with E-state index in [9.17, 15) is 4.79 Å². The molecule has 0 atom stereocenters. The molecule has 2 amide bonds. The molecule has 4 heteroatoms. The second kappa shape index (κ2) is 6.05. The summed E-state index contributed by atoms with van der Waals surface area (Å²) < 4.78 is 1.34. The Morgan fingerprint density at radius 2 is 2.12 bits per heavy atom. The van der Waals surface area contributed by atoms with Crippen LogP contribution in [0.1, 0.15) is 12.0 Å². The van der Waals surface area contributed by atoms with E-state index in [1.54, 1.807) is 0 Å². The van der Waals surface area contributed by atoms with Crippen LogP contribution in [0.3, 0.4) is 0 Å². The van der Waals surface area contributed by atoms with Crippen molar-refractivity contribution in [1.29, 1.82) is 0 Å². The third-order valence-corrected chi connectivity index (χ3v) is 3.71. The van der Waals surface area contributed by atoms with Crippen LogP contribution in [0.25, 0.3) is 0 Å². The van der Waals surface area contributed by atoms with Gasteiger partial charge in [-0.05, 0) is 38.2 Å². The molecule has 0 unspecified atom stereocenters. The van der Waals surface area contributed by atoms with Crippen LogP contribution in [0.4, 0.5) is 4.79 Å². The molecule has 0 aliphatic carbocycles. The third-order valence-electron chi connectivity index (χ3n) is 2.73. The zero-order valence-electron chi connectivity index (χ0n) is 9.53. The highest BCUT2D eigenvalue weighted by Crippen LogP contribution is 2.16. The van der Waals surface area contributed by atoms with Gasteiger partial charge in [-0.25, -0.2) is 4.79 Å². The molecule has 2 rings (SSSR count). The average molecular weight is 342 g/mol. The van der Waals surface area contributed by atoms with Crippen molar-refractivity contribution in [3.63, 3.8) is 0 Å². The largest absolute Gasteiger partial charge is 0.334 e. The summed E-state index contributed by atoms with van der Waals surface area (Å²) in [5.74, 6) is 0. The molecule has 1 heterocycles. The lowest BCUT2D eigenvalue weighted by Gasteiger charge is -2.25. The van der Waals surface area contributed by atoms with Gasteiger partial charge in [0.1, 0.15) is 0 Å². The van der Waals surface area contributed by atoms with E-state index in [2.05, 4.69) is 34.0 Å². The summed E-state index contributed by atoms with van der Waals surface area (Å²) >= 11 is 2.32. The first-order chi connectivity index (χ1) is 8.25. The minimum atomic E-state index is 0.0222. The fourth-order valence-electron chi connectivity index (χ4n) is 1.71. The van der Waals surface area contributed by atoms with Crippen LogP contribution in [0.5, 0.6) is 0 Å². The zero-order valence-corrected chi connectivity index (χ0v) is 11.7. The first kappa shape index (κ1) is 12.4. The molecule has 0 spiro atoms. The molecular formula is C13H15IN2O. The van der Waals surface area contributed by atoms with Crippen LogP contribution in [0.2, 0.25) is 0 Å². The molecule has 1 N–H and O–H groups in total. The molecule has 0 bridgehead atoms. The van der Waals surface area contributed by atoms with Crippen molar-refractivity contribution in [3.05, 3.63) is 45.6 Å². The smallest absolute Gasteiger partial charge is 0.317 e. The standard InChI is InChI=1S/C13H15IN2O/c14-12-6-8-16(9-7-12)13(17)15-10-11-4-2-1-3-5-11/h1-6H,7-10H2,(H,15,17). The van der Waals surface area contributed by atoms with E-state index in [-0.39, 0.29) is 6.03 Å².